The fourth-order valence-electron chi connectivity index (χ4n) is 4.44. The Kier molecular flexibility index (Phi) is 3.76. The summed E-state index contributed by atoms with van der Waals surface area (Å²) in [5, 5.41) is 3.37. The number of carbonyl (C=O) groups excluding carboxylic acids is 1. The molecule has 0 radical (unpaired) electrons. The van der Waals surface area contributed by atoms with Crippen molar-refractivity contribution >= 4 is 17.2 Å². The number of hydrogen-bond donors (Lipinski definition) is 1. The number of amides is 1. The normalized spacial score (nSPS) is 27.4. The van der Waals surface area contributed by atoms with Crippen molar-refractivity contribution in [1.82, 2.24) is 5.32 Å². The van der Waals surface area contributed by atoms with Crippen LogP contribution >= 0.6 is 0 Å². The molecule has 3 nitrogen and oxygen atoms in total. The maximum Gasteiger partial charge on any atom is 0.224 e. The van der Waals surface area contributed by atoms with Crippen LogP contribution < -0.4 is 10.2 Å². The molecular formula is C20H26N2O. The van der Waals surface area contributed by atoms with Crippen molar-refractivity contribution in [3.63, 3.8) is 0 Å². The molecule has 1 saturated carbocycles. The summed E-state index contributed by atoms with van der Waals surface area (Å²) in [6.07, 6.45) is 7.06. The summed E-state index contributed by atoms with van der Waals surface area (Å²) in [4.78, 5) is 14.4. The van der Waals surface area contributed by atoms with Gasteiger partial charge in [0, 0.05) is 25.2 Å². The van der Waals surface area contributed by atoms with E-state index in [4.69, 9.17) is 0 Å². The molecule has 2 heterocycles. The second-order valence-corrected chi connectivity index (χ2v) is 7.43. The van der Waals surface area contributed by atoms with Gasteiger partial charge in [-0.15, -0.1) is 0 Å². The Labute approximate surface area is 138 Å². The first-order valence-electron chi connectivity index (χ1n) is 8.98. The van der Waals surface area contributed by atoms with Crippen molar-refractivity contribution in [2.45, 2.75) is 45.6 Å². The third kappa shape index (κ3) is 2.72. The Morgan fingerprint density at radius 2 is 2.13 bits per heavy atom. The van der Waals surface area contributed by atoms with Gasteiger partial charge >= 0.3 is 0 Å². The first-order chi connectivity index (χ1) is 11.1. The molecule has 23 heavy (non-hydrogen) atoms. The molecule has 1 aromatic carbocycles. The minimum Gasteiger partial charge on any atom is -0.313 e. The molecule has 3 aliphatic rings. The lowest BCUT2D eigenvalue weighted by molar-refractivity contribution is -0.117. The van der Waals surface area contributed by atoms with Gasteiger partial charge in [0.1, 0.15) is 0 Å². The second-order valence-electron chi connectivity index (χ2n) is 7.43. The van der Waals surface area contributed by atoms with Crippen LogP contribution in [0.25, 0.3) is 5.57 Å². The van der Waals surface area contributed by atoms with Gasteiger partial charge in [-0.25, -0.2) is 0 Å². The molecule has 0 bridgehead atoms. The fourth-order valence-corrected chi connectivity index (χ4v) is 4.44. The number of fused-ring (bicyclic) bond motifs is 1. The predicted molar refractivity (Wildman–Crippen MR) is 94.4 cm³/mol. The molecule has 2 atom stereocenters. The molecule has 0 saturated heterocycles. The first kappa shape index (κ1) is 14.9. The lowest BCUT2D eigenvalue weighted by atomic mass is 9.83. The van der Waals surface area contributed by atoms with Crippen LogP contribution in [0.5, 0.6) is 0 Å². The summed E-state index contributed by atoms with van der Waals surface area (Å²) in [6, 6.07) is 7.15. The van der Waals surface area contributed by atoms with E-state index in [-0.39, 0.29) is 5.91 Å². The van der Waals surface area contributed by atoms with E-state index in [9.17, 15) is 4.79 Å². The number of nitrogens with one attached hydrogen (secondary N) is 1. The summed E-state index contributed by atoms with van der Waals surface area (Å²) in [5.74, 6) is 1.47. The first-order valence-corrected chi connectivity index (χ1v) is 8.98. The Hall–Kier alpha value is -1.61. The van der Waals surface area contributed by atoms with E-state index in [2.05, 4.69) is 41.4 Å². The highest BCUT2D eigenvalue weighted by molar-refractivity contribution is 5.94. The molecular weight excluding hydrogens is 284 g/mol. The van der Waals surface area contributed by atoms with Gasteiger partial charge in [0.2, 0.25) is 5.91 Å². The Morgan fingerprint density at radius 3 is 2.78 bits per heavy atom. The minimum absolute atomic E-state index is 0.198. The number of hydrogen-bond acceptors (Lipinski definition) is 2. The van der Waals surface area contributed by atoms with Gasteiger partial charge in [0.25, 0.3) is 0 Å². The van der Waals surface area contributed by atoms with Gasteiger partial charge < -0.3 is 10.2 Å². The van der Waals surface area contributed by atoms with E-state index in [0.717, 1.165) is 31.6 Å². The molecule has 3 heteroatoms. The van der Waals surface area contributed by atoms with Crippen LogP contribution in [-0.2, 0) is 11.2 Å². The van der Waals surface area contributed by atoms with Crippen LogP contribution in [0.1, 0.15) is 44.2 Å². The molecule has 1 aromatic rings. The molecule has 122 valence electrons. The van der Waals surface area contributed by atoms with Gasteiger partial charge in [-0.3, -0.25) is 4.79 Å². The van der Waals surface area contributed by atoms with E-state index >= 15 is 0 Å². The smallest absolute Gasteiger partial charge is 0.224 e. The highest BCUT2D eigenvalue weighted by atomic mass is 16.2. The maximum atomic E-state index is 12.3. The van der Waals surface area contributed by atoms with Crippen LogP contribution in [0.15, 0.2) is 24.3 Å². The molecule has 0 spiro atoms. The van der Waals surface area contributed by atoms with Crippen molar-refractivity contribution < 1.29 is 4.79 Å². The molecule has 0 unspecified atom stereocenters. The zero-order valence-corrected chi connectivity index (χ0v) is 14.1. The van der Waals surface area contributed by atoms with Crippen LogP contribution in [0, 0.1) is 11.8 Å². The van der Waals surface area contributed by atoms with E-state index in [1.165, 1.54) is 29.5 Å². The topological polar surface area (TPSA) is 32.3 Å². The quantitative estimate of drug-likeness (QED) is 0.908. The van der Waals surface area contributed by atoms with Crippen molar-refractivity contribution in [1.29, 1.82) is 0 Å². The summed E-state index contributed by atoms with van der Waals surface area (Å²) in [6.45, 7) is 6.06. The van der Waals surface area contributed by atoms with Crippen LogP contribution in [0.3, 0.4) is 0 Å². The van der Waals surface area contributed by atoms with E-state index in [0.29, 0.717) is 17.9 Å². The van der Waals surface area contributed by atoms with Gasteiger partial charge in [-0.05, 0) is 72.9 Å². The predicted octanol–water partition coefficient (Wildman–Crippen LogP) is 3.39. The number of nitrogens with zero attached hydrogens (tertiary/aromatic N) is 1. The van der Waals surface area contributed by atoms with Gasteiger partial charge in [0.05, 0.1) is 0 Å². The molecule has 0 aromatic heterocycles. The third-order valence-corrected chi connectivity index (χ3v) is 5.64. The molecule has 1 N–H and O–H groups in total. The second kappa shape index (κ2) is 5.79. The van der Waals surface area contributed by atoms with Crippen molar-refractivity contribution in [2.75, 3.05) is 18.0 Å². The van der Waals surface area contributed by atoms with Crippen LogP contribution in [0.4, 0.5) is 5.69 Å². The average Bonchev–Trinajstić information content (AvgIpc) is 3.38. The van der Waals surface area contributed by atoms with Gasteiger partial charge in [0.15, 0.2) is 0 Å². The summed E-state index contributed by atoms with van der Waals surface area (Å²) < 4.78 is 0. The van der Waals surface area contributed by atoms with Gasteiger partial charge in [-0.1, -0.05) is 19.1 Å². The number of anilines is 1. The van der Waals surface area contributed by atoms with Crippen molar-refractivity contribution in [3.05, 3.63) is 35.4 Å². The van der Waals surface area contributed by atoms with Crippen molar-refractivity contribution in [2.24, 2.45) is 11.8 Å². The van der Waals surface area contributed by atoms with E-state index in [1.54, 1.807) is 6.92 Å². The standard InChI is InChI=1S/C20H26N2O/c1-13-11-18-12-17(15-7-9-21-10-8-15)5-6-19(18)22(14(2)23)20(13)16-3-4-16/h5-7,12-13,16,20-21H,3-4,8-11H2,1-2H3/t13-,20-/m1/s1. The number of rotatable bonds is 2. The number of benzene rings is 1. The highest BCUT2D eigenvalue weighted by Crippen LogP contribution is 2.45. The van der Waals surface area contributed by atoms with E-state index < -0.39 is 0 Å². The monoisotopic (exact) mass is 310 g/mol. The SMILES string of the molecule is CC(=O)N1c2ccc(C3=CCNCC3)cc2C[C@@H](C)[C@@H]1C1CC1. The Morgan fingerprint density at radius 1 is 1.30 bits per heavy atom. The lowest BCUT2D eigenvalue weighted by Gasteiger charge is -2.41. The molecule has 1 aliphatic carbocycles. The molecule has 2 aliphatic heterocycles. The maximum absolute atomic E-state index is 12.3. The van der Waals surface area contributed by atoms with Crippen molar-refractivity contribution in [3.8, 4) is 0 Å². The Bertz CT molecular complexity index is 660. The van der Waals surface area contributed by atoms with Crippen LogP contribution in [0.2, 0.25) is 0 Å². The van der Waals surface area contributed by atoms with Crippen LogP contribution in [-0.4, -0.2) is 25.0 Å². The lowest BCUT2D eigenvalue weighted by Crippen LogP contribution is -2.48. The minimum atomic E-state index is 0.198. The molecule has 1 amide bonds. The molecule has 1 fully saturated rings. The molecule has 4 rings (SSSR count). The summed E-state index contributed by atoms with van der Waals surface area (Å²) in [7, 11) is 0. The fraction of sp³-hybridized carbons (Fsp3) is 0.550. The summed E-state index contributed by atoms with van der Waals surface area (Å²) in [5.41, 5.74) is 5.29. The van der Waals surface area contributed by atoms with Gasteiger partial charge in [-0.2, -0.15) is 0 Å². The summed E-state index contributed by atoms with van der Waals surface area (Å²) >= 11 is 0. The zero-order valence-electron chi connectivity index (χ0n) is 14.1. The third-order valence-electron chi connectivity index (χ3n) is 5.64. The Balaban J connectivity index is 1.72. The number of carbonyl (C=O) groups is 1. The zero-order chi connectivity index (χ0) is 16.0. The highest BCUT2D eigenvalue weighted by Gasteiger charge is 2.43. The largest absolute Gasteiger partial charge is 0.313 e. The average molecular weight is 310 g/mol. The van der Waals surface area contributed by atoms with E-state index in [1.807, 2.05) is 0 Å².